The van der Waals surface area contributed by atoms with Crippen LogP contribution in [0.4, 0.5) is 0 Å². The first-order valence-electron chi connectivity index (χ1n) is 3.97. The smallest absolute Gasteiger partial charge is 0.160 e. The quantitative estimate of drug-likeness (QED) is 0.558. The Morgan fingerprint density at radius 1 is 1.40 bits per heavy atom. The molecular formula is C8H16O2. The van der Waals surface area contributed by atoms with Gasteiger partial charge in [-0.1, -0.05) is 13.8 Å². The third kappa shape index (κ3) is 1.96. The molecule has 0 unspecified atom stereocenters. The van der Waals surface area contributed by atoms with Gasteiger partial charge in [-0.25, -0.2) is 0 Å². The van der Waals surface area contributed by atoms with Gasteiger partial charge in [-0.2, -0.15) is 0 Å². The monoisotopic (exact) mass is 144 g/mol. The highest BCUT2D eigenvalue weighted by atomic mass is 16.7. The highest BCUT2D eigenvalue weighted by Gasteiger charge is 2.21. The zero-order valence-electron chi connectivity index (χ0n) is 6.96. The maximum atomic E-state index is 5.53. The molecule has 1 aliphatic heterocycles. The molecule has 0 aromatic carbocycles. The van der Waals surface area contributed by atoms with E-state index in [0.717, 1.165) is 13.0 Å². The van der Waals surface area contributed by atoms with Crippen molar-refractivity contribution < 1.29 is 9.47 Å². The third-order valence-electron chi connectivity index (χ3n) is 1.72. The van der Waals surface area contributed by atoms with E-state index >= 15 is 0 Å². The SMILES string of the molecule is CC(C)[C@@H]1OCC[C@H](C)O1. The van der Waals surface area contributed by atoms with Crippen molar-refractivity contribution in [3.8, 4) is 0 Å². The summed E-state index contributed by atoms with van der Waals surface area (Å²) in [6.07, 6.45) is 1.44. The fourth-order valence-electron chi connectivity index (χ4n) is 1.04. The molecule has 10 heavy (non-hydrogen) atoms. The maximum absolute atomic E-state index is 5.53. The Hall–Kier alpha value is -0.0800. The van der Waals surface area contributed by atoms with Crippen molar-refractivity contribution in [3.05, 3.63) is 0 Å². The molecule has 60 valence electrons. The Labute approximate surface area is 62.5 Å². The third-order valence-corrected chi connectivity index (χ3v) is 1.72. The van der Waals surface area contributed by atoms with Crippen molar-refractivity contribution in [1.82, 2.24) is 0 Å². The van der Waals surface area contributed by atoms with Gasteiger partial charge < -0.3 is 9.47 Å². The van der Waals surface area contributed by atoms with Gasteiger partial charge in [0.15, 0.2) is 6.29 Å². The van der Waals surface area contributed by atoms with Crippen LogP contribution in [-0.4, -0.2) is 19.0 Å². The van der Waals surface area contributed by atoms with Crippen LogP contribution < -0.4 is 0 Å². The van der Waals surface area contributed by atoms with E-state index in [0.29, 0.717) is 12.0 Å². The van der Waals surface area contributed by atoms with Crippen molar-refractivity contribution in [2.75, 3.05) is 6.61 Å². The summed E-state index contributed by atoms with van der Waals surface area (Å²) in [7, 11) is 0. The van der Waals surface area contributed by atoms with Crippen LogP contribution in [0.2, 0.25) is 0 Å². The summed E-state index contributed by atoms with van der Waals surface area (Å²) in [4.78, 5) is 0. The van der Waals surface area contributed by atoms with Crippen LogP contribution in [0.25, 0.3) is 0 Å². The Balaban J connectivity index is 2.32. The summed E-state index contributed by atoms with van der Waals surface area (Å²) in [5, 5.41) is 0. The van der Waals surface area contributed by atoms with Gasteiger partial charge in [0.2, 0.25) is 0 Å². The highest BCUT2D eigenvalue weighted by Crippen LogP contribution is 2.17. The van der Waals surface area contributed by atoms with Crippen molar-refractivity contribution in [3.63, 3.8) is 0 Å². The molecule has 1 saturated heterocycles. The second kappa shape index (κ2) is 3.35. The minimum absolute atomic E-state index is 0.0312. The first-order valence-corrected chi connectivity index (χ1v) is 3.97. The van der Waals surface area contributed by atoms with E-state index < -0.39 is 0 Å². The van der Waals surface area contributed by atoms with E-state index in [2.05, 4.69) is 20.8 Å². The zero-order valence-corrected chi connectivity index (χ0v) is 6.96. The van der Waals surface area contributed by atoms with E-state index in [9.17, 15) is 0 Å². The van der Waals surface area contributed by atoms with E-state index in [1.165, 1.54) is 0 Å². The van der Waals surface area contributed by atoms with Crippen molar-refractivity contribution >= 4 is 0 Å². The van der Waals surface area contributed by atoms with E-state index in [1.807, 2.05) is 0 Å². The molecule has 0 saturated carbocycles. The Morgan fingerprint density at radius 3 is 2.50 bits per heavy atom. The van der Waals surface area contributed by atoms with Gasteiger partial charge in [-0.3, -0.25) is 0 Å². The molecule has 0 aliphatic carbocycles. The average Bonchev–Trinajstić information content (AvgIpc) is 1.88. The Morgan fingerprint density at radius 2 is 2.10 bits per heavy atom. The second-order valence-electron chi connectivity index (χ2n) is 3.22. The zero-order chi connectivity index (χ0) is 7.56. The minimum atomic E-state index is 0.0312. The Kier molecular flexibility index (Phi) is 2.69. The lowest BCUT2D eigenvalue weighted by Crippen LogP contribution is -2.33. The lowest BCUT2D eigenvalue weighted by atomic mass is 10.2. The van der Waals surface area contributed by atoms with Crippen LogP contribution in [0.15, 0.2) is 0 Å². The Bertz CT molecular complexity index is 101. The maximum Gasteiger partial charge on any atom is 0.160 e. The predicted molar refractivity (Wildman–Crippen MR) is 39.7 cm³/mol. The molecule has 0 aromatic heterocycles. The standard InChI is InChI=1S/C8H16O2/c1-6(2)8-9-5-4-7(3)10-8/h6-8H,4-5H2,1-3H3/t7-,8+/m0/s1. The van der Waals surface area contributed by atoms with Crippen LogP contribution in [0.5, 0.6) is 0 Å². The lowest BCUT2D eigenvalue weighted by Gasteiger charge is -2.30. The molecule has 1 heterocycles. The van der Waals surface area contributed by atoms with Crippen LogP contribution in [0, 0.1) is 5.92 Å². The fourth-order valence-corrected chi connectivity index (χ4v) is 1.04. The highest BCUT2D eigenvalue weighted by molar-refractivity contribution is 4.61. The molecule has 0 radical (unpaired) electrons. The average molecular weight is 144 g/mol. The molecule has 0 amide bonds. The summed E-state index contributed by atoms with van der Waals surface area (Å²) in [5.74, 6) is 0.475. The van der Waals surface area contributed by atoms with Crippen LogP contribution in [0.3, 0.4) is 0 Å². The van der Waals surface area contributed by atoms with Crippen molar-refractivity contribution in [2.45, 2.75) is 39.6 Å². The van der Waals surface area contributed by atoms with Crippen LogP contribution in [0.1, 0.15) is 27.2 Å². The lowest BCUT2D eigenvalue weighted by molar-refractivity contribution is -0.225. The molecule has 1 aliphatic rings. The van der Waals surface area contributed by atoms with Crippen molar-refractivity contribution in [1.29, 1.82) is 0 Å². The van der Waals surface area contributed by atoms with Gasteiger partial charge in [0.1, 0.15) is 0 Å². The summed E-state index contributed by atoms with van der Waals surface area (Å²) in [6, 6.07) is 0. The van der Waals surface area contributed by atoms with E-state index in [-0.39, 0.29) is 6.29 Å². The number of hydrogen-bond donors (Lipinski definition) is 0. The first kappa shape index (κ1) is 8.02. The second-order valence-corrected chi connectivity index (χ2v) is 3.22. The molecule has 1 fully saturated rings. The van der Waals surface area contributed by atoms with Gasteiger partial charge in [-0.05, 0) is 13.3 Å². The van der Waals surface area contributed by atoms with Crippen LogP contribution >= 0.6 is 0 Å². The molecule has 1 rings (SSSR count). The number of hydrogen-bond acceptors (Lipinski definition) is 2. The van der Waals surface area contributed by atoms with E-state index in [4.69, 9.17) is 9.47 Å². The first-order chi connectivity index (χ1) is 4.70. The molecule has 2 heteroatoms. The summed E-state index contributed by atoms with van der Waals surface area (Å²) in [5.41, 5.74) is 0. The van der Waals surface area contributed by atoms with Gasteiger partial charge in [0.25, 0.3) is 0 Å². The largest absolute Gasteiger partial charge is 0.352 e. The molecule has 0 bridgehead atoms. The summed E-state index contributed by atoms with van der Waals surface area (Å²) >= 11 is 0. The molecule has 0 spiro atoms. The van der Waals surface area contributed by atoms with Gasteiger partial charge in [0, 0.05) is 5.92 Å². The van der Waals surface area contributed by atoms with Gasteiger partial charge >= 0.3 is 0 Å². The predicted octanol–water partition coefficient (Wildman–Crippen LogP) is 1.79. The molecule has 0 N–H and O–H groups in total. The number of rotatable bonds is 1. The molecule has 2 atom stereocenters. The fraction of sp³-hybridized carbons (Fsp3) is 1.00. The summed E-state index contributed by atoms with van der Waals surface area (Å²) in [6.45, 7) is 7.17. The number of ether oxygens (including phenoxy) is 2. The summed E-state index contributed by atoms with van der Waals surface area (Å²) < 4.78 is 10.9. The molecule has 0 aromatic rings. The topological polar surface area (TPSA) is 18.5 Å². The van der Waals surface area contributed by atoms with Gasteiger partial charge in [-0.15, -0.1) is 0 Å². The van der Waals surface area contributed by atoms with Gasteiger partial charge in [0.05, 0.1) is 12.7 Å². The van der Waals surface area contributed by atoms with Crippen molar-refractivity contribution in [2.24, 2.45) is 5.92 Å². The minimum Gasteiger partial charge on any atom is -0.352 e. The molecular weight excluding hydrogens is 128 g/mol. The normalized spacial score (nSPS) is 34.8. The molecule has 2 nitrogen and oxygen atoms in total. The van der Waals surface area contributed by atoms with E-state index in [1.54, 1.807) is 0 Å². The van der Waals surface area contributed by atoms with Crippen LogP contribution in [-0.2, 0) is 9.47 Å².